The molecule has 4 aromatic heterocycles. The molecule has 12 aromatic carbocycles. The summed E-state index contributed by atoms with van der Waals surface area (Å²) in [5.74, 6) is 0. The van der Waals surface area contributed by atoms with Gasteiger partial charge >= 0.3 is 0 Å². The van der Waals surface area contributed by atoms with Crippen LogP contribution in [0.3, 0.4) is 0 Å². The minimum Gasteiger partial charge on any atom is -0.309 e. The van der Waals surface area contributed by atoms with Gasteiger partial charge in [-0.2, -0.15) is 0 Å². The highest BCUT2D eigenvalue weighted by Gasteiger charge is 2.20. The van der Waals surface area contributed by atoms with Gasteiger partial charge < -0.3 is 18.3 Å². The summed E-state index contributed by atoms with van der Waals surface area (Å²) >= 11 is 0. The number of hydrogen-bond donors (Lipinski definition) is 0. The smallest absolute Gasteiger partial charge is 0.0542 e. The minimum atomic E-state index is 1.14. The first-order valence-corrected chi connectivity index (χ1v) is 26.2. The fraction of sp³-hybridized carbons (Fsp3) is 0. The molecule has 0 amide bonds. The molecule has 0 atom stereocenters. The van der Waals surface area contributed by atoms with Gasteiger partial charge in [-0.05, 0) is 143 Å². The molecule has 0 aliphatic rings. The third kappa shape index (κ3) is 6.44. The number of benzene rings is 12. The van der Waals surface area contributed by atoms with E-state index in [9.17, 15) is 0 Å². The number of nitrogens with zero attached hydrogens (tertiary/aromatic N) is 4. The van der Waals surface area contributed by atoms with Gasteiger partial charge in [0, 0.05) is 65.8 Å². The third-order valence-electron chi connectivity index (χ3n) is 15.9. The zero-order chi connectivity index (χ0) is 49.8. The lowest BCUT2D eigenvalue weighted by Gasteiger charge is -2.12. The van der Waals surface area contributed by atoms with Gasteiger partial charge in [0.25, 0.3) is 0 Å². The number of hydrogen-bond acceptors (Lipinski definition) is 0. The predicted octanol–water partition coefficient (Wildman–Crippen LogP) is 19.1. The number of para-hydroxylation sites is 4. The van der Waals surface area contributed by atoms with E-state index >= 15 is 0 Å². The molecule has 0 unspecified atom stereocenters. The second-order valence-corrected chi connectivity index (χ2v) is 20.1. The molecule has 0 radical (unpaired) electrons. The molecule has 0 N–H and O–H groups in total. The van der Waals surface area contributed by atoms with Gasteiger partial charge in [0.2, 0.25) is 0 Å². The molecule has 0 fully saturated rings. The lowest BCUT2D eigenvalue weighted by Crippen LogP contribution is -1.96. The molecular formula is C72H46N4. The maximum atomic E-state index is 2.45. The molecule has 0 aliphatic heterocycles. The van der Waals surface area contributed by atoms with E-state index in [1.54, 1.807) is 0 Å². The zero-order valence-corrected chi connectivity index (χ0v) is 41.3. The van der Waals surface area contributed by atoms with E-state index < -0.39 is 0 Å². The van der Waals surface area contributed by atoms with E-state index in [2.05, 4.69) is 297 Å². The van der Waals surface area contributed by atoms with Crippen molar-refractivity contribution in [1.29, 1.82) is 0 Å². The summed E-state index contributed by atoms with van der Waals surface area (Å²) in [6.07, 6.45) is 0. The van der Waals surface area contributed by atoms with Crippen LogP contribution in [0.2, 0.25) is 0 Å². The van der Waals surface area contributed by atoms with Crippen molar-refractivity contribution in [2.45, 2.75) is 0 Å². The van der Waals surface area contributed by atoms with Crippen molar-refractivity contribution in [3.63, 3.8) is 0 Å². The maximum absolute atomic E-state index is 2.45. The number of aromatic nitrogens is 4. The SMILES string of the molecule is c1ccc(-c2cccc(-n3c4ccccc4c4cc(-n5c6ccccc6c6cc(-c7ccc8c(c7)c7ccccc7n8-c7ccc8c(c7)c7ccccc7n8-c7cccc(-c8ccccc8)c7)ccc65)ccc43)c2)cc1. The minimum absolute atomic E-state index is 1.14. The van der Waals surface area contributed by atoms with Crippen LogP contribution in [0.1, 0.15) is 0 Å². The molecule has 0 bridgehead atoms. The van der Waals surface area contributed by atoms with Crippen LogP contribution >= 0.6 is 0 Å². The Hall–Kier alpha value is -10.2. The fourth-order valence-electron chi connectivity index (χ4n) is 12.5. The lowest BCUT2D eigenvalue weighted by molar-refractivity contribution is 1.16. The second-order valence-electron chi connectivity index (χ2n) is 20.1. The Morgan fingerprint density at radius 2 is 0.408 bits per heavy atom. The monoisotopic (exact) mass is 966 g/mol. The van der Waals surface area contributed by atoms with Crippen molar-refractivity contribution in [2.75, 3.05) is 0 Å². The normalized spacial score (nSPS) is 11.9. The van der Waals surface area contributed by atoms with Crippen LogP contribution < -0.4 is 0 Å². The van der Waals surface area contributed by atoms with E-state index in [1.165, 1.54) is 121 Å². The summed E-state index contributed by atoms with van der Waals surface area (Å²) in [7, 11) is 0. The molecule has 0 spiro atoms. The van der Waals surface area contributed by atoms with Crippen molar-refractivity contribution in [3.05, 3.63) is 279 Å². The largest absolute Gasteiger partial charge is 0.309 e. The summed E-state index contributed by atoms with van der Waals surface area (Å²) in [5, 5.41) is 9.85. The topological polar surface area (TPSA) is 19.7 Å². The lowest BCUT2D eigenvalue weighted by atomic mass is 10.0. The van der Waals surface area contributed by atoms with E-state index in [0.717, 1.165) is 22.7 Å². The van der Waals surface area contributed by atoms with Crippen molar-refractivity contribution in [3.8, 4) is 56.1 Å². The molecule has 4 nitrogen and oxygen atoms in total. The third-order valence-corrected chi connectivity index (χ3v) is 15.9. The first kappa shape index (κ1) is 42.4. The Morgan fingerprint density at radius 3 is 0.776 bits per heavy atom. The Morgan fingerprint density at radius 1 is 0.145 bits per heavy atom. The first-order chi connectivity index (χ1) is 37.7. The van der Waals surface area contributed by atoms with E-state index in [-0.39, 0.29) is 0 Å². The Balaban J connectivity index is 0.806. The molecule has 4 heterocycles. The molecule has 76 heavy (non-hydrogen) atoms. The fourth-order valence-corrected chi connectivity index (χ4v) is 12.5. The maximum Gasteiger partial charge on any atom is 0.0542 e. The average Bonchev–Trinajstić information content (AvgIpc) is 4.24. The van der Waals surface area contributed by atoms with Gasteiger partial charge in [0.05, 0.1) is 44.1 Å². The highest BCUT2D eigenvalue weighted by molar-refractivity contribution is 6.15. The standard InChI is InChI=1S/C72H46N4/c1-3-17-47(18-4-1)49-21-15-23-53(41-49)73-67-31-13-9-27-59(67)63-45-55(35-39-71(63)73)75-65-29-11-7-25-57(65)61-43-51(33-37-69(61)75)52-34-38-70-62(44-52)58-26-8-12-30-66(58)76(70)56-36-40-72-64(46-56)60-28-10-14-32-68(60)74(72)54-24-16-22-50(42-54)48-19-5-2-6-20-48/h1-46H. The van der Waals surface area contributed by atoms with Crippen molar-refractivity contribution in [1.82, 2.24) is 18.3 Å². The van der Waals surface area contributed by atoms with Crippen LogP contribution in [0.5, 0.6) is 0 Å². The molecule has 0 saturated heterocycles. The van der Waals surface area contributed by atoms with Gasteiger partial charge in [-0.3, -0.25) is 0 Å². The quantitative estimate of drug-likeness (QED) is 0.152. The highest BCUT2D eigenvalue weighted by atomic mass is 15.0. The molecule has 354 valence electrons. The predicted molar refractivity (Wildman–Crippen MR) is 320 cm³/mol. The summed E-state index contributed by atoms with van der Waals surface area (Å²) in [6.45, 7) is 0. The molecule has 16 rings (SSSR count). The van der Waals surface area contributed by atoms with E-state index in [1.807, 2.05) is 0 Å². The summed E-state index contributed by atoms with van der Waals surface area (Å²) in [6, 6.07) is 102. The van der Waals surface area contributed by atoms with Gasteiger partial charge in [0.15, 0.2) is 0 Å². The van der Waals surface area contributed by atoms with Crippen LogP contribution in [0, 0.1) is 0 Å². The Bertz CT molecular complexity index is 4670. The molecule has 0 aliphatic carbocycles. The van der Waals surface area contributed by atoms with E-state index in [4.69, 9.17) is 0 Å². The van der Waals surface area contributed by atoms with E-state index in [0.29, 0.717) is 0 Å². The second kappa shape index (κ2) is 16.7. The first-order valence-electron chi connectivity index (χ1n) is 26.2. The summed E-state index contributed by atoms with van der Waals surface area (Å²) < 4.78 is 9.73. The van der Waals surface area contributed by atoms with Crippen molar-refractivity contribution < 1.29 is 0 Å². The Kier molecular flexibility index (Phi) is 9.30. The van der Waals surface area contributed by atoms with Gasteiger partial charge in [-0.25, -0.2) is 0 Å². The zero-order valence-electron chi connectivity index (χ0n) is 41.3. The van der Waals surface area contributed by atoms with Gasteiger partial charge in [-0.15, -0.1) is 0 Å². The van der Waals surface area contributed by atoms with Crippen LogP contribution in [0.4, 0.5) is 0 Å². The molecule has 4 heteroatoms. The van der Waals surface area contributed by atoms with Gasteiger partial charge in [0.1, 0.15) is 0 Å². The summed E-state index contributed by atoms with van der Waals surface area (Å²) in [4.78, 5) is 0. The van der Waals surface area contributed by atoms with Crippen molar-refractivity contribution >= 4 is 87.2 Å². The molecule has 0 saturated carbocycles. The molecule has 16 aromatic rings. The average molecular weight is 967 g/mol. The van der Waals surface area contributed by atoms with Crippen molar-refractivity contribution in [2.24, 2.45) is 0 Å². The van der Waals surface area contributed by atoms with Crippen LogP contribution in [-0.4, -0.2) is 18.3 Å². The highest BCUT2D eigenvalue weighted by Crippen LogP contribution is 2.42. The van der Waals surface area contributed by atoms with Crippen LogP contribution in [0.15, 0.2) is 279 Å². The Labute approximate surface area is 438 Å². The van der Waals surface area contributed by atoms with Crippen LogP contribution in [0.25, 0.3) is 143 Å². The summed E-state index contributed by atoms with van der Waals surface area (Å²) in [5.41, 5.74) is 21.3. The van der Waals surface area contributed by atoms with Crippen LogP contribution in [-0.2, 0) is 0 Å². The molecular weight excluding hydrogens is 921 g/mol. The number of fused-ring (bicyclic) bond motifs is 12. The van der Waals surface area contributed by atoms with Gasteiger partial charge in [-0.1, -0.05) is 170 Å². The number of rotatable bonds is 7.